The molecule has 0 saturated carbocycles. The fourth-order valence-electron chi connectivity index (χ4n) is 0.955. The number of H-pyrrole nitrogens is 1. The van der Waals surface area contributed by atoms with E-state index in [4.69, 9.17) is 5.11 Å². The van der Waals surface area contributed by atoms with Crippen LogP contribution in [0.5, 0.6) is 0 Å². The molecule has 0 radical (unpaired) electrons. The highest BCUT2D eigenvalue weighted by molar-refractivity contribution is 5.89. The Morgan fingerprint density at radius 3 is 2.92 bits per heavy atom. The van der Waals surface area contributed by atoms with Crippen molar-refractivity contribution in [3.8, 4) is 0 Å². The smallest absolute Gasteiger partial charge is 0.356 e. The van der Waals surface area contributed by atoms with E-state index in [1.54, 1.807) is 12.3 Å². The maximum atomic E-state index is 10.5. The molecule has 2 N–H and O–H groups in total. The van der Waals surface area contributed by atoms with E-state index in [0.717, 1.165) is 0 Å². The first-order valence-corrected chi connectivity index (χ1v) is 3.31. The number of fused-ring (bicyclic) bond motifs is 1. The van der Waals surface area contributed by atoms with Gasteiger partial charge in [-0.2, -0.15) is 0 Å². The van der Waals surface area contributed by atoms with Crippen molar-refractivity contribution >= 4 is 29.4 Å². The second kappa shape index (κ2) is 3.40. The van der Waals surface area contributed by atoms with E-state index in [0.29, 0.717) is 11.0 Å². The standard InChI is InChI=1S/C7H5N3O2.ClH/c11-7(12)6-3-5-4(9-10-6)1-2-8-5;/h1-3,8H,(H,11,12);1H. The van der Waals surface area contributed by atoms with Gasteiger partial charge in [-0.05, 0) is 12.1 Å². The summed E-state index contributed by atoms with van der Waals surface area (Å²) >= 11 is 0. The van der Waals surface area contributed by atoms with Crippen LogP contribution in [0.1, 0.15) is 10.5 Å². The van der Waals surface area contributed by atoms with E-state index >= 15 is 0 Å². The van der Waals surface area contributed by atoms with Gasteiger partial charge in [0.05, 0.1) is 5.52 Å². The van der Waals surface area contributed by atoms with E-state index in [-0.39, 0.29) is 18.1 Å². The number of hydrogen-bond donors (Lipinski definition) is 2. The average Bonchev–Trinajstić information content (AvgIpc) is 2.49. The number of aromatic carboxylic acids is 1. The van der Waals surface area contributed by atoms with Gasteiger partial charge < -0.3 is 10.1 Å². The van der Waals surface area contributed by atoms with Crippen LogP contribution in [0.4, 0.5) is 0 Å². The molecule has 0 aromatic carbocycles. The molecule has 13 heavy (non-hydrogen) atoms. The summed E-state index contributed by atoms with van der Waals surface area (Å²) in [5.74, 6) is -1.07. The first-order valence-electron chi connectivity index (χ1n) is 3.31. The van der Waals surface area contributed by atoms with Crippen molar-refractivity contribution in [2.24, 2.45) is 0 Å². The minimum atomic E-state index is -1.07. The summed E-state index contributed by atoms with van der Waals surface area (Å²) in [6.07, 6.45) is 1.69. The number of carboxylic acids is 1. The fourth-order valence-corrected chi connectivity index (χ4v) is 0.955. The van der Waals surface area contributed by atoms with Gasteiger partial charge in [0.1, 0.15) is 5.52 Å². The van der Waals surface area contributed by atoms with Gasteiger partial charge in [-0.25, -0.2) is 4.79 Å². The summed E-state index contributed by atoms with van der Waals surface area (Å²) in [7, 11) is 0. The maximum Gasteiger partial charge on any atom is 0.356 e. The molecule has 2 aromatic heterocycles. The predicted octanol–water partition coefficient (Wildman–Crippen LogP) is 1.08. The molecule has 0 spiro atoms. The number of carboxylic acid groups (broad SMARTS) is 1. The molecule has 0 amide bonds. The number of hydrogen-bond acceptors (Lipinski definition) is 3. The lowest BCUT2D eigenvalue weighted by molar-refractivity contribution is 0.0689. The van der Waals surface area contributed by atoms with Gasteiger partial charge >= 0.3 is 5.97 Å². The molecule has 0 aliphatic rings. The van der Waals surface area contributed by atoms with Crippen LogP contribution in [0, 0.1) is 0 Å². The van der Waals surface area contributed by atoms with E-state index in [2.05, 4.69) is 15.2 Å². The van der Waals surface area contributed by atoms with Crippen molar-refractivity contribution in [1.82, 2.24) is 15.2 Å². The molecule has 0 saturated heterocycles. The minimum Gasteiger partial charge on any atom is -0.476 e. The predicted molar refractivity (Wildman–Crippen MR) is 48.1 cm³/mol. The van der Waals surface area contributed by atoms with Crippen LogP contribution in [0.15, 0.2) is 18.3 Å². The van der Waals surface area contributed by atoms with Crippen molar-refractivity contribution in [3.63, 3.8) is 0 Å². The second-order valence-corrected chi connectivity index (χ2v) is 2.31. The summed E-state index contributed by atoms with van der Waals surface area (Å²) in [5.41, 5.74) is 1.30. The Morgan fingerprint density at radius 2 is 2.23 bits per heavy atom. The molecule has 5 nitrogen and oxygen atoms in total. The molecule has 0 bridgehead atoms. The molecule has 0 fully saturated rings. The third kappa shape index (κ3) is 1.59. The van der Waals surface area contributed by atoms with Crippen molar-refractivity contribution in [3.05, 3.63) is 24.0 Å². The highest BCUT2D eigenvalue weighted by atomic mass is 35.5. The number of carbonyl (C=O) groups is 1. The zero-order valence-corrected chi connectivity index (χ0v) is 7.21. The SMILES string of the molecule is Cl.O=C(O)c1cc2[nH]ccc2nn1. The highest BCUT2D eigenvalue weighted by Crippen LogP contribution is 2.08. The lowest BCUT2D eigenvalue weighted by Crippen LogP contribution is -2.01. The molecular weight excluding hydrogens is 194 g/mol. The lowest BCUT2D eigenvalue weighted by atomic mass is 10.3. The third-order valence-corrected chi connectivity index (χ3v) is 1.52. The van der Waals surface area contributed by atoms with Gasteiger partial charge in [0.25, 0.3) is 0 Å². The third-order valence-electron chi connectivity index (χ3n) is 1.52. The zero-order valence-electron chi connectivity index (χ0n) is 6.39. The summed E-state index contributed by atoms with van der Waals surface area (Å²) in [4.78, 5) is 13.3. The molecule has 0 atom stereocenters. The van der Waals surface area contributed by atoms with E-state index in [9.17, 15) is 4.79 Å². The molecular formula is C7H6ClN3O2. The summed E-state index contributed by atoms with van der Waals surface area (Å²) < 4.78 is 0. The number of rotatable bonds is 1. The first-order chi connectivity index (χ1) is 5.77. The summed E-state index contributed by atoms with van der Waals surface area (Å²) in [6, 6.07) is 3.18. The zero-order chi connectivity index (χ0) is 8.55. The van der Waals surface area contributed by atoms with Crippen LogP contribution in [-0.2, 0) is 0 Å². The van der Waals surface area contributed by atoms with Crippen molar-refractivity contribution in [2.75, 3.05) is 0 Å². The van der Waals surface area contributed by atoms with Crippen LogP contribution < -0.4 is 0 Å². The molecule has 2 rings (SSSR count). The average molecular weight is 200 g/mol. The van der Waals surface area contributed by atoms with Crippen LogP contribution in [0.2, 0.25) is 0 Å². The van der Waals surface area contributed by atoms with Gasteiger partial charge in [-0.1, -0.05) is 0 Å². The summed E-state index contributed by atoms with van der Waals surface area (Å²) in [6.45, 7) is 0. The number of aromatic amines is 1. The first kappa shape index (κ1) is 9.47. The number of halogens is 1. The van der Waals surface area contributed by atoms with E-state index in [1.807, 2.05) is 0 Å². The van der Waals surface area contributed by atoms with E-state index < -0.39 is 5.97 Å². The molecule has 68 valence electrons. The topological polar surface area (TPSA) is 78.9 Å². The van der Waals surface area contributed by atoms with Gasteiger partial charge in [-0.3, -0.25) is 0 Å². The van der Waals surface area contributed by atoms with E-state index in [1.165, 1.54) is 6.07 Å². The van der Waals surface area contributed by atoms with Crippen LogP contribution in [-0.4, -0.2) is 26.3 Å². The number of nitrogens with zero attached hydrogens (tertiary/aromatic N) is 2. The molecule has 2 aromatic rings. The maximum absolute atomic E-state index is 10.5. The van der Waals surface area contributed by atoms with Crippen LogP contribution in [0.25, 0.3) is 11.0 Å². The lowest BCUT2D eigenvalue weighted by Gasteiger charge is -1.90. The Morgan fingerprint density at radius 1 is 1.46 bits per heavy atom. The van der Waals surface area contributed by atoms with Crippen molar-refractivity contribution in [1.29, 1.82) is 0 Å². The molecule has 2 heterocycles. The Balaban J connectivity index is 0.000000845. The minimum absolute atomic E-state index is 0. The quantitative estimate of drug-likeness (QED) is 0.720. The Labute approximate surface area is 79.2 Å². The van der Waals surface area contributed by atoms with Gasteiger partial charge in [0.15, 0.2) is 5.69 Å². The molecule has 0 aliphatic heterocycles. The highest BCUT2D eigenvalue weighted by Gasteiger charge is 2.06. The van der Waals surface area contributed by atoms with Crippen molar-refractivity contribution in [2.45, 2.75) is 0 Å². The number of aromatic nitrogens is 3. The molecule has 0 aliphatic carbocycles. The van der Waals surface area contributed by atoms with Gasteiger partial charge in [0, 0.05) is 6.20 Å². The van der Waals surface area contributed by atoms with Crippen molar-refractivity contribution < 1.29 is 9.90 Å². The number of nitrogens with one attached hydrogen (secondary N) is 1. The van der Waals surface area contributed by atoms with Crippen LogP contribution >= 0.6 is 12.4 Å². The Kier molecular flexibility index (Phi) is 2.48. The largest absolute Gasteiger partial charge is 0.476 e. The van der Waals surface area contributed by atoms with Crippen LogP contribution in [0.3, 0.4) is 0 Å². The molecule has 0 unspecified atom stereocenters. The van der Waals surface area contributed by atoms with Gasteiger partial charge in [-0.15, -0.1) is 22.6 Å². The normalized spacial score (nSPS) is 9.54. The summed E-state index contributed by atoms with van der Waals surface area (Å²) in [5, 5.41) is 15.8. The molecule has 6 heteroatoms. The monoisotopic (exact) mass is 199 g/mol. The Hall–Kier alpha value is -1.62. The van der Waals surface area contributed by atoms with Gasteiger partial charge in [0.2, 0.25) is 0 Å². The second-order valence-electron chi connectivity index (χ2n) is 2.31. The Bertz CT molecular complexity index is 440. The fraction of sp³-hybridized carbons (Fsp3) is 0.